The second kappa shape index (κ2) is 6.59. The van der Waals surface area contributed by atoms with Gasteiger partial charge in [0.15, 0.2) is 0 Å². The highest BCUT2D eigenvalue weighted by Crippen LogP contribution is 2.25. The number of rotatable bonds is 3. The summed E-state index contributed by atoms with van der Waals surface area (Å²) in [6.45, 7) is 4.34. The van der Waals surface area contributed by atoms with Gasteiger partial charge < -0.3 is 9.30 Å². The molecule has 136 valence electrons. The maximum Gasteiger partial charge on any atom is 0.149 e. The van der Waals surface area contributed by atoms with E-state index in [4.69, 9.17) is 0 Å². The molecule has 27 heavy (non-hydrogen) atoms. The van der Waals surface area contributed by atoms with E-state index in [1.54, 1.807) is 6.07 Å². The van der Waals surface area contributed by atoms with Crippen molar-refractivity contribution in [3.63, 3.8) is 0 Å². The van der Waals surface area contributed by atoms with E-state index >= 15 is 0 Å². The normalized spacial score (nSPS) is 15.7. The number of para-hydroxylation sites is 1. The van der Waals surface area contributed by atoms with Crippen LogP contribution in [0.25, 0.3) is 16.6 Å². The molecule has 1 aromatic carbocycles. The second-order valence-electron chi connectivity index (χ2n) is 6.79. The average molecular weight is 362 g/mol. The first-order chi connectivity index (χ1) is 13.3. The molecule has 1 aliphatic rings. The molecule has 0 radical (unpaired) electrons. The monoisotopic (exact) mass is 362 g/mol. The zero-order valence-electron chi connectivity index (χ0n) is 14.8. The van der Waals surface area contributed by atoms with Crippen molar-refractivity contribution in [2.75, 3.05) is 31.1 Å². The summed E-state index contributed by atoms with van der Waals surface area (Å²) in [5.41, 5.74) is 2.43. The zero-order valence-corrected chi connectivity index (χ0v) is 14.8. The predicted octanol–water partition coefficient (Wildman–Crippen LogP) is 2.74. The highest BCUT2D eigenvalue weighted by Gasteiger charge is 2.21. The van der Waals surface area contributed by atoms with E-state index in [1.807, 2.05) is 34.9 Å². The molecular formula is C20H19FN6. The Kier molecular flexibility index (Phi) is 3.94. The van der Waals surface area contributed by atoms with E-state index in [9.17, 15) is 4.39 Å². The molecule has 1 fully saturated rings. The van der Waals surface area contributed by atoms with E-state index in [1.165, 1.54) is 12.4 Å². The van der Waals surface area contributed by atoms with Crippen LogP contribution in [0.4, 0.5) is 10.2 Å². The number of halogens is 1. The molecule has 0 spiro atoms. The molecule has 4 heterocycles. The number of imidazole rings is 1. The summed E-state index contributed by atoms with van der Waals surface area (Å²) in [6, 6.07) is 11.1. The van der Waals surface area contributed by atoms with Crippen molar-refractivity contribution in [3.8, 4) is 0 Å². The highest BCUT2D eigenvalue weighted by molar-refractivity contribution is 5.89. The number of aromatic nitrogens is 4. The number of anilines is 1. The van der Waals surface area contributed by atoms with Gasteiger partial charge in [-0.2, -0.15) is 0 Å². The molecule has 0 atom stereocenters. The number of nitrogens with zero attached hydrogens (tertiary/aromatic N) is 6. The minimum absolute atomic E-state index is 0.304. The van der Waals surface area contributed by atoms with Crippen LogP contribution in [0.5, 0.6) is 0 Å². The van der Waals surface area contributed by atoms with E-state index in [0.717, 1.165) is 55.3 Å². The van der Waals surface area contributed by atoms with Crippen LogP contribution in [0.3, 0.4) is 0 Å². The summed E-state index contributed by atoms with van der Waals surface area (Å²) in [5.74, 6) is 0.508. The fourth-order valence-electron chi connectivity index (χ4n) is 3.70. The molecule has 3 aromatic heterocycles. The quantitative estimate of drug-likeness (QED) is 0.561. The van der Waals surface area contributed by atoms with Crippen molar-refractivity contribution in [1.29, 1.82) is 0 Å². The van der Waals surface area contributed by atoms with E-state index < -0.39 is 0 Å². The second-order valence-corrected chi connectivity index (χ2v) is 6.79. The topological polar surface area (TPSA) is 49.6 Å². The van der Waals surface area contributed by atoms with Gasteiger partial charge in [0, 0.05) is 50.5 Å². The summed E-state index contributed by atoms with van der Waals surface area (Å²) in [4.78, 5) is 17.8. The van der Waals surface area contributed by atoms with Gasteiger partial charge in [-0.05, 0) is 24.3 Å². The number of benzene rings is 1. The number of hydrogen-bond acceptors (Lipinski definition) is 5. The van der Waals surface area contributed by atoms with Gasteiger partial charge >= 0.3 is 0 Å². The van der Waals surface area contributed by atoms with Crippen molar-refractivity contribution in [2.45, 2.75) is 6.54 Å². The lowest BCUT2D eigenvalue weighted by molar-refractivity contribution is 0.247. The Morgan fingerprint density at radius 1 is 0.963 bits per heavy atom. The van der Waals surface area contributed by atoms with Crippen molar-refractivity contribution in [2.24, 2.45) is 0 Å². The summed E-state index contributed by atoms with van der Waals surface area (Å²) in [7, 11) is 0. The summed E-state index contributed by atoms with van der Waals surface area (Å²) in [5, 5.41) is 0.770. The molecule has 0 aliphatic carbocycles. The molecule has 1 saturated heterocycles. The van der Waals surface area contributed by atoms with Crippen LogP contribution in [-0.2, 0) is 6.54 Å². The minimum Gasteiger partial charge on any atom is -0.353 e. The van der Waals surface area contributed by atoms with Crippen LogP contribution in [0.1, 0.15) is 5.69 Å². The molecule has 0 bridgehead atoms. The van der Waals surface area contributed by atoms with Crippen molar-refractivity contribution < 1.29 is 4.39 Å². The molecule has 0 saturated carbocycles. The maximum absolute atomic E-state index is 14.0. The smallest absolute Gasteiger partial charge is 0.149 e. The first-order valence-electron chi connectivity index (χ1n) is 9.07. The Hall–Kier alpha value is -3.06. The number of fused-ring (bicyclic) bond motifs is 2. The molecule has 0 N–H and O–H groups in total. The first kappa shape index (κ1) is 16.1. The van der Waals surface area contributed by atoms with Crippen LogP contribution < -0.4 is 4.90 Å². The number of pyridine rings is 1. The highest BCUT2D eigenvalue weighted by atomic mass is 19.1. The van der Waals surface area contributed by atoms with Crippen LogP contribution in [0, 0.1) is 5.82 Å². The Labute approximate surface area is 155 Å². The average Bonchev–Trinajstić information content (AvgIpc) is 3.11. The maximum atomic E-state index is 14.0. The van der Waals surface area contributed by atoms with Gasteiger partial charge in [0.1, 0.15) is 29.1 Å². The van der Waals surface area contributed by atoms with Crippen molar-refractivity contribution in [1.82, 2.24) is 24.3 Å². The fraction of sp³-hybridized carbons (Fsp3) is 0.250. The summed E-state index contributed by atoms with van der Waals surface area (Å²) >= 11 is 0. The first-order valence-corrected chi connectivity index (χ1v) is 9.07. The molecule has 5 rings (SSSR count). The van der Waals surface area contributed by atoms with Gasteiger partial charge in [0.25, 0.3) is 0 Å². The Morgan fingerprint density at radius 2 is 1.85 bits per heavy atom. The van der Waals surface area contributed by atoms with Gasteiger partial charge in [0.2, 0.25) is 0 Å². The Balaban J connectivity index is 1.31. The third kappa shape index (κ3) is 3.00. The molecule has 7 heteroatoms. The fourth-order valence-corrected chi connectivity index (χ4v) is 3.70. The van der Waals surface area contributed by atoms with Gasteiger partial charge in [-0.3, -0.25) is 4.90 Å². The van der Waals surface area contributed by atoms with E-state index in [0.29, 0.717) is 5.52 Å². The van der Waals surface area contributed by atoms with Crippen LogP contribution in [-0.4, -0.2) is 50.4 Å². The lowest BCUT2D eigenvalue weighted by Gasteiger charge is -2.35. The van der Waals surface area contributed by atoms with Crippen molar-refractivity contribution >= 4 is 22.4 Å². The zero-order chi connectivity index (χ0) is 18.2. The van der Waals surface area contributed by atoms with Gasteiger partial charge in [0.05, 0.1) is 5.69 Å². The van der Waals surface area contributed by atoms with Crippen LogP contribution >= 0.6 is 0 Å². The summed E-state index contributed by atoms with van der Waals surface area (Å²) in [6.07, 6.45) is 5.55. The van der Waals surface area contributed by atoms with Crippen LogP contribution in [0.15, 0.2) is 55.1 Å². The van der Waals surface area contributed by atoms with Gasteiger partial charge in [-0.25, -0.2) is 19.3 Å². The molecule has 4 aromatic rings. The van der Waals surface area contributed by atoms with Gasteiger partial charge in [-0.15, -0.1) is 0 Å². The standard InChI is InChI=1S/C20H19FN6/c21-17-5-3-4-16-19(17)22-14-23-20(16)26-10-8-25(9-11-26)12-15-13-27-7-2-1-6-18(27)24-15/h1-7,13-14H,8-12H2. The Bertz CT molecular complexity index is 1070. The molecule has 6 nitrogen and oxygen atoms in total. The van der Waals surface area contributed by atoms with Crippen molar-refractivity contribution in [3.05, 3.63) is 66.6 Å². The van der Waals surface area contributed by atoms with Crippen LogP contribution in [0.2, 0.25) is 0 Å². The largest absolute Gasteiger partial charge is 0.353 e. The SMILES string of the molecule is Fc1cccc2c(N3CCN(Cc4cn5ccccc5n4)CC3)ncnc12. The third-order valence-electron chi connectivity index (χ3n) is 5.07. The van der Waals surface area contributed by atoms with E-state index in [-0.39, 0.29) is 5.82 Å². The van der Waals surface area contributed by atoms with Gasteiger partial charge in [-0.1, -0.05) is 12.1 Å². The molecular weight excluding hydrogens is 343 g/mol. The predicted molar refractivity (Wildman–Crippen MR) is 102 cm³/mol. The molecule has 0 amide bonds. The summed E-state index contributed by atoms with van der Waals surface area (Å²) < 4.78 is 16.0. The number of piperazine rings is 1. The lowest BCUT2D eigenvalue weighted by atomic mass is 10.2. The van der Waals surface area contributed by atoms with E-state index in [2.05, 4.69) is 30.9 Å². The lowest BCUT2D eigenvalue weighted by Crippen LogP contribution is -2.46. The molecule has 1 aliphatic heterocycles. The minimum atomic E-state index is -0.304. The number of hydrogen-bond donors (Lipinski definition) is 0. The molecule has 0 unspecified atom stereocenters. The Morgan fingerprint density at radius 3 is 2.70 bits per heavy atom. The third-order valence-corrected chi connectivity index (χ3v) is 5.07.